The largest absolute Gasteiger partial charge is 0.466 e. The van der Waals surface area contributed by atoms with Crippen LogP contribution in [0.3, 0.4) is 0 Å². The molecule has 0 aromatic carbocycles. The van der Waals surface area contributed by atoms with Crippen molar-refractivity contribution in [3.05, 3.63) is 0 Å². The molecule has 0 aromatic heterocycles. The van der Waals surface area contributed by atoms with E-state index >= 15 is 0 Å². The van der Waals surface area contributed by atoms with Crippen LogP contribution < -0.4 is 0 Å². The number of hydrogen-bond donors (Lipinski definition) is 0. The van der Waals surface area contributed by atoms with Crippen molar-refractivity contribution >= 4 is 17.8 Å². The van der Waals surface area contributed by atoms with Crippen molar-refractivity contribution in [2.75, 3.05) is 33.3 Å². The topological polar surface area (TPSA) is 66.9 Å². The predicted octanol–water partition coefficient (Wildman–Crippen LogP) is 1.29. The Labute approximate surface area is 132 Å². The Kier molecular flexibility index (Phi) is 7.35. The molecule has 1 atom stereocenters. The maximum Gasteiger partial charge on any atom is 0.309 e. The Morgan fingerprint density at radius 1 is 1.23 bits per heavy atom. The lowest BCUT2D eigenvalue weighted by Gasteiger charge is -2.32. The van der Waals surface area contributed by atoms with Crippen LogP contribution in [0.15, 0.2) is 0 Å². The van der Waals surface area contributed by atoms with Gasteiger partial charge in [-0.3, -0.25) is 14.4 Å². The van der Waals surface area contributed by atoms with Gasteiger partial charge in [0, 0.05) is 26.1 Å². The van der Waals surface area contributed by atoms with Gasteiger partial charge in [0.2, 0.25) is 11.8 Å². The van der Waals surface area contributed by atoms with Crippen LogP contribution in [0.25, 0.3) is 0 Å². The maximum atomic E-state index is 12.2. The molecular weight excluding hydrogens is 284 g/mol. The van der Waals surface area contributed by atoms with Crippen LogP contribution in [0.4, 0.5) is 0 Å². The molecule has 0 radical (unpaired) electrons. The molecule has 1 rings (SSSR count). The summed E-state index contributed by atoms with van der Waals surface area (Å²) in [5.41, 5.74) is 0. The van der Waals surface area contributed by atoms with Crippen LogP contribution in [-0.2, 0) is 19.1 Å². The molecule has 0 N–H and O–H groups in total. The van der Waals surface area contributed by atoms with Gasteiger partial charge in [-0.05, 0) is 26.2 Å². The summed E-state index contributed by atoms with van der Waals surface area (Å²) < 4.78 is 5.02. The van der Waals surface area contributed by atoms with Crippen LogP contribution in [-0.4, -0.2) is 60.9 Å². The van der Waals surface area contributed by atoms with E-state index in [1.165, 1.54) is 4.90 Å². The molecule has 2 amide bonds. The summed E-state index contributed by atoms with van der Waals surface area (Å²) in [6, 6.07) is 0. The summed E-state index contributed by atoms with van der Waals surface area (Å²) in [5, 5.41) is 0. The number of piperidine rings is 1. The van der Waals surface area contributed by atoms with Crippen molar-refractivity contribution in [1.29, 1.82) is 0 Å². The Morgan fingerprint density at radius 3 is 2.32 bits per heavy atom. The van der Waals surface area contributed by atoms with Crippen molar-refractivity contribution in [3.63, 3.8) is 0 Å². The summed E-state index contributed by atoms with van der Waals surface area (Å²) in [6.07, 6.45) is 2.03. The number of ether oxygens (including phenoxy) is 1. The molecule has 1 unspecified atom stereocenters. The average Bonchev–Trinajstić information content (AvgIpc) is 2.53. The molecule has 6 heteroatoms. The molecule has 0 bridgehead atoms. The van der Waals surface area contributed by atoms with Gasteiger partial charge in [-0.15, -0.1) is 0 Å². The number of carbonyl (C=O) groups is 3. The molecule has 0 aromatic rings. The minimum Gasteiger partial charge on any atom is -0.466 e. The molecule has 0 saturated carbocycles. The van der Waals surface area contributed by atoms with Gasteiger partial charge in [-0.1, -0.05) is 13.8 Å². The first-order valence-corrected chi connectivity index (χ1v) is 8.10. The smallest absolute Gasteiger partial charge is 0.309 e. The number of amides is 2. The highest BCUT2D eigenvalue weighted by Gasteiger charge is 2.29. The third-order valence-corrected chi connectivity index (χ3v) is 4.25. The molecule has 1 fully saturated rings. The maximum absolute atomic E-state index is 12.2. The fourth-order valence-corrected chi connectivity index (χ4v) is 2.56. The van der Waals surface area contributed by atoms with E-state index in [2.05, 4.69) is 0 Å². The van der Waals surface area contributed by atoms with Crippen LogP contribution in [0.1, 0.15) is 40.0 Å². The van der Waals surface area contributed by atoms with E-state index in [9.17, 15) is 14.4 Å². The zero-order chi connectivity index (χ0) is 16.7. The molecule has 0 aliphatic carbocycles. The monoisotopic (exact) mass is 312 g/mol. The van der Waals surface area contributed by atoms with E-state index in [-0.39, 0.29) is 36.2 Å². The number of rotatable bonds is 6. The Hall–Kier alpha value is -1.59. The van der Waals surface area contributed by atoms with Crippen molar-refractivity contribution in [2.24, 2.45) is 11.8 Å². The van der Waals surface area contributed by atoms with E-state index in [1.54, 1.807) is 18.9 Å². The van der Waals surface area contributed by atoms with E-state index in [0.29, 0.717) is 32.5 Å². The molecule has 1 aliphatic rings. The fourth-order valence-electron chi connectivity index (χ4n) is 2.56. The lowest BCUT2D eigenvalue weighted by Crippen LogP contribution is -2.46. The zero-order valence-electron chi connectivity index (χ0n) is 14.1. The fraction of sp³-hybridized carbons (Fsp3) is 0.812. The highest BCUT2D eigenvalue weighted by atomic mass is 16.5. The molecule has 1 saturated heterocycles. The van der Waals surface area contributed by atoms with E-state index < -0.39 is 0 Å². The number of likely N-dealkylation sites (tertiary alicyclic amines) is 1. The standard InChI is InChI=1S/C16H28N2O4/c1-5-12(3)15(20)17(4)11-14(19)18-9-7-13(8-10-18)16(21)22-6-2/h12-13H,5-11H2,1-4H3. The number of esters is 1. The summed E-state index contributed by atoms with van der Waals surface area (Å²) >= 11 is 0. The number of carbonyl (C=O) groups excluding carboxylic acids is 3. The SMILES string of the molecule is CCOC(=O)C1CCN(C(=O)CN(C)C(=O)C(C)CC)CC1. The highest BCUT2D eigenvalue weighted by molar-refractivity contribution is 5.85. The molecule has 1 aliphatic heterocycles. The van der Waals surface area contributed by atoms with Crippen molar-refractivity contribution in [2.45, 2.75) is 40.0 Å². The van der Waals surface area contributed by atoms with Gasteiger partial charge < -0.3 is 14.5 Å². The zero-order valence-corrected chi connectivity index (χ0v) is 14.1. The van der Waals surface area contributed by atoms with Gasteiger partial charge in [0.05, 0.1) is 19.1 Å². The lowest BCUT2D eigenvalue weighted by molar-refractivity contribution is -0.151. The summed E-state index contributed by atoms with van der Waals surface area (Å²) in [5.74, 6) is -0.395. The van der Waals surface area contributed by atoms with Gasteiger partial charge in [-0.25, -0.2) is 0 Å². The highest BCUT2D eigenvalue weighted by Crippen LogP contribution is 2.19. The first kappa shape index (κ1) is 18.5. The number of likely N-dealkylation sites (N-methyl/N-ethyl adjacent to an activating group) is 1. The molecular formula is C16H28N2O4. The van der Waals surface area contributed by atoms with E-state index in [4.69, 9.17) is 4.74 Å². The number of nitrogens with zero attached hydrogens (tertiary/aromatic N) is 2. The van der Waals surface area contributed by atoms with Crippen molar-refractivity contribution in [3.8, 4) is 0 Å². The van der Waals surface area contributed by atoms with Crippen molar-refractivity contribution in [1.82, 2.24) is 9.80 Å². The summed E-state index contributed by atoms with van der Waals surface area (Å²) in [7, 11) is 1.66. The predicted molar refractivity (Wildman–Crippen MR) is 83.0 cm³/mol. The van der Waals surface area contributed by atoms with Crippen LogP contribution >= 0.6 is 0 Å². The van der Waals surface area contributed by atoms with Crippen LogP contribution in [0.2, 0.25) is 0 Å². The second-order valence-electron chi connectivity index (χ2n) is 5.91. The Bertz CT molecular complexity index is 403. The first-order chi connectivity index (χ1) is 10.4. The molecule has 22 heavy (non-hydrogen) atoms. The summed E-state index contributed by atoms with van der Waals surface area (Å²) in [6.45, 7) is 7.21. The second-order valence-corrected chi connectivity index (χ2v) is 5.91. The van der Waals surface area contributed by atoms with Gasteiger partial charge >= 0.3 is 5.97 Å². The minimum absolute atomic E-state index is 0.00254. The molecule has 0 spiro atoms. The first-order valence-electron chi connectivity index (χ1n) is 8.10. The number of hydrogen-bond acceptors (Lipinski definition) is 4. The Balaban J connectivity index is 2.42. The molecule has 6 nitrogen and oxygen atoms in total. The summed E-state index contributed by atoms with van der Waals surface area (Å²) in [4.78, 5) is 39.1. The minimum atomic E-state index is -0.168. The van der Waals surface area contributed by atoms with Crippen LogP contribution in [0.5, 0.6) is 0 Å². The third kappa shape index (κ3) is 5.00. The lowest BCUT2D eigenvalue weighted by atomic mass is 9.97. The Morgan fingerprint density at radius 2 is 1.82 bits per heavy atom. The van der Waals surface area contributed by atoms with Gasteiger partial charge in [0.1, 0.15) is 0 Å². The average molecular weight is 312 g/mol. The van der Waals surface area contributed by atoms with Gasteiger partial charge in [0.25, 0.3) is 0 Å². The van der Waals surface area contributed by atoms with Gasteiger partial charge in [-0.2, -0.15) is 0 Å². The van der Waals surface area contributed by atoms with Gasteiger partial charge in [0.15, 0.2) is 0 Å². The van der Waals surface area contributed by atoms with Crippen LogP contribution in [0, 0.1) is 11.8 Å². The normalized spacial score (nSPS) is 17.0. The van der Waals surface area contributed by atoms with Crippen molar-refractivity contribution < 1.29 is 19.1 Å². The quantitative estimate of drug-likeness (QED) is 0.693. The van der Waals surface area contributed by atoms with E-state index in [1.807, 2.05) is 13.8 Å². The second kappa shape index (κ2) is 8.76. The van der Waals surface area contributed by atoms with E-state index in [0.717, 1.165) is 6.42 Å². The molecule has 126 valence electrons. The third-order valence-electron chi connectivity index (χ3n) is 4.25. The molecule has 1 heterocycles.